The Balaban J connectivity index is 1.45. The molecule has 1 aliphatic rings. The quantitative estimate of drug-likeness (QED) is 0.516. The molecule has 1 atom stereocenters. The number of benzene rings is 1. The van der Waals surface area contributed by atoms with Crippen LogP contribution < -0.4 is 4.90 Å². The van der Waals surface area contributed by atoms with Gasteiger partial charge in [0.2, 0.25) is 5.95 Å². The van der Waals surface area contributed by atoms with E-state index in [2.05, 4.69) is 36.3 Å². The molecule has 1 saturated heterocycles. The van der Waals surface area contributed by atoms with Crippen LogP contribution >= 0.6 is 0 Å². The van der Waals surface area contributed by atoms with Crippen LogP contribution in [0.15, 0.2) is 53.4 Å². The summed E-state index contributed by atoms with van der Waals surface area (Å²) in [5.74, 6) is 2.07. The fourth-order valence-corrected chi connectivity index (χ4v) is 3.85. The van der Waals surface area contributed by atoms with Crippen molar-refractivity contribution in [2.24, 2.45) is 7.05 Å². The van der Waals surface area contributed by atoms with Crippen LogP contribution in [0.25, 0.3) is 22.8 Å². The number of hydrogen-bond donors (Lipinski definition) is 0. The lowest BCUT2D eigenvalue weighted by molar-refractivity contribution is 0.416. The minimum atomic E-state index is 0.0410. The summed E-state index contributed by atoms with van der Waals surface area (Å²) < 4.78 is 7.53. The van der Waals surface area contributed by atoms with Gasteiger partial charge in [0, 0.05) is 37.6 Å². The van der Waals surface area contributed by atoms with E-state index in [1.807, 2.05) is 29.8 Å². The molecule has 0 saturated carbocycles. The van der Waals surface area contributed by atoms with Gasteiger partial charge < -0.3 is 9.42 Å². The Morgan fingerprint density at radius 2 is 2.13 bits per heavy atom. The van der Waals surface area contributed by atoms with Gasteiger partial charge in [-0.1, -0.05) is 17.3 Å². The van der Waals surface area contributed by atoms with Crippen LogP contribution in [-0.4, -0.2) is 36.4 Å². The highest BCUT2D eigenvalue weighted by Crippen LogP contribution is 2.37. The molecule has 1 aliphatic heterocycles. The van der Waals surface area contributed by atoms with Crippen LogP contribution in [0.1, 0.15) is 30.1 Å². The molecule has 4 heterocycles. The largest absolute Gasteiger partial charge is 0.356 e. The maximum absolute atomic E-state index is 9.13. The van der Waals surface area contributed by atoms with Gasteiger partial charge in [-0.3, -0.25) is 9.55 Å². The molecule has 3 aromatic heterocycles. The summed E-state index contributed by atoms with van der Waals surface area (Å²) in [6.45, 7) is 0.850. The molecular weight excluding hydrogens is 380 g/mol. The first kappa shape index (κ1) is 18.0. The summed E-state index contributed by atoms with van der Waals surface area (Å²) in [5, 5.41) is 22.2. The van der Waals surface area contributed by atoms with Gasteiger partial charge in [0.1, 0.15) is 11.4 Å². The third-order valence-corrected chi connectivity index (χ3v) is 5.30. The zero-order valence-corrected chi connectivity index (χ0v) is 16.3. The molecule has 4 aromatic rings. The monoisotopic (exact) mass is 398 g/mol. The lowest BCUT2D eigenvalue weighted by Crippen LogP contribution is -2.25. The fourth-order valence-electron chi connectivity index (χ4n) is 3.85. The molecule has 148 valence electrons. The number of hydrogen-bond acceptors (Lipinski definition) is 8. The Kier molecular flexibility index (Phi) is 4.44. The van der Waals surface area contributed by atoms with Crippen LogP contribution in [0.5, 0.6) is 0 Å². The van der Waals surface area contributed by atoms with Crippen molar-refractivity contribution in [2.45, 2.75) is 18.9 Å². The zero-order chi connectivity index (χ0) is 20.5. The van der Waals surface area contributed by atoms with E-state index in [1.54, 1.807) is 30.7 Å². The summed E-state index contributed by atoms with van der Waals surface area (Å²) in [4.78, 5) is 10.6. The second kappa shape index (κ2) is 7.40. The van der Waals surface area contributed by atoms with Crippen LogP contribution in [0.2, 0.25) is 0 Å². The summed E-state index contributed by atoms with van der Waals surface area (Å²) in [6.07, 6.45) is 6.91. The number of anilines is 1. The molecule has 5 rings (SSSR count). The third-order valence-electron chi connectivity index (χ3n) is 5.30. The standard InChI is InChI=1S/C21H18N8O/c1-28-20(17-13-23-7-8-24-17)25-26-21(28)29-9-3-6-18(29)16-11-19(30-27-16)15-5-2-4-14(10-15)12-22/h2,4-5,7-8,10-11,13,18H,3,6,9H2,1H3. The number of nitrogens with zero attached hydrogens (tertiary/aromatic N) is 8. The van der Waals surface area contributed by atoms with Crippen LogP contribution in [-0.2, 0) is 7.05 Å². The smallest absolute Gasteiger partial charge is 0.227 e. The molecule has 0 N–H and O–H groups in total. The first-order chi connectivity index (χ1) is 14.7. The van der Waals surface area contributed by atoms with Crippen molar-refractivity contribution in [1.82, 2.24) is 29.9 Å². The van der Waals surface area contributed by atoms with Crippen molar-refractivity contribution in [1.29, 1.82) is 5.26 Å². The second-order valence-electron chi connectivity index (χ2n) is 7.13. The van der Waals surface area contributed by atoms with Crippen molar-refractivity contribution in [3.05, 3.63) is 60.2 Å². The average molecular weight is 398 g/mol. The highest BCUT2D eigenvalue weighted by molar-refractivity contribution is 5.60. The van der Waals surface area contributed by atoms with Crippen molar-refractivity contribution in [3.8, 4) is 28.9 Å². The maximum atomic E-state index is 9.13. The molecule has 0 radical (unpaired) electrons. The van der Waals surface area contributed by atoms with Gasteiger partial charge in [-0.2, -0.15) is 5.26 Å². The zero-order valence-electron chi connectivity index (χ0n) is 16.3. The maximum Gasteiger partial charge on any atom is 0.227 e. The Hall–Kier alpha value is -4.06. The Labute approximate surface area is 172 Å². The van der Waals surface area contributed by atoms with Crippen molar-refractivity contribution < 1.29 is 4.52 Å². The molecule has 1 aromatic carbocycles. The molecule has 0 spiro atoms. The molecular formula is C21H18N8O. The normalized spacial score (nSPS) is 16.0. The molecule has 1 fully saturated rings. The van der Waals surface area contributed by atoms with E-state index < -0.39 is 0 Å². The molecule has 1 unspecified atom stereocenters. The lowest BCUT2D eigenvalue weighted by atomic mass is 10.1. The SMILES string of the molecule is Cn1c(-c2cnccn2)nnc1N1CCCC1c1cc(-c2cccc(C#N)c2)on1. The number of aromatic nitrogens is 6. The van der Waals surface area contributed by atoms with E-state index in [9.17, 15) is 0 Å². The van der Waals surface area contributed by atoms with E-state index >= 15 is 0 Å². The van der Waals surface area contributed by atoms with Gasteiger partial charge >= 0.3 is 0 Å². The molecule has 0 amide bonds. The fraction of sp³-hybridized carbons (Fsp3) is 0.238. The van der Waals surface area contributed by atoms with Crippen LogP contribution in [0.3, 0.4) is 0 Å². The van der Waals surface area contributed by atoms with E-state index in [4.69, 9.17) is 9.78 Å². The molecule has 9 nitrogen and oxygen atoms in total. The first-order valence-electron chi connectivity index (χ1n) is 9.64. The summed E-state index contributed by atoms with van der Waals surface area (Å²) in [5.41, 5.74) is 2.94. The Morgan fingerprint density at radius 3 is 2.97 bits per heavy atom. The molecule has 9 heteroatoms. The predicted octanol–water partition coefficient (Wildman–Crippen LogP) is 3.14. The molecule has 30 heavy (non-hydrogen) atoms. The highest BCUT2D eigenvalue weighted by Gasteiger charge is 2.32. The van der Waals surface area contributed by atoms with Gasteiger partial charge in [0.25, 0.3) is 0 Å². The molecule has 0 aliphatic carbocycles. The molecule has 0 bridgehead atoms. The summed E-state index contributed by atoms with van der Waals surface area (Å²) in [7, 11) is 1.93. The van der Waals surface area contributed by atoms with Gasteiger partial charge in [0.05, 0.1) is 23.9 Å². The number of nitriles is 1. The predicted molar refractivity (Wildman–Crippen MR) is 108 cm³/mol. The van der Waals surface area contributed by atoms with Crippen molar-refractivity contribution in [3.63, 3.8) is 0 Å². The van der Waals surface area contributed by atoms with Crippen molar-refractivity contribution >= 4 is 5.95 Å². The second-order valence-corrected chi connectivity index (χ2v) is 7.13. The van der Waals surface area contributed by atoms with E-state index in [1.165, 1.54) is 0 Å². The minimum Gasteiger partial charge on any atom is -0.356 e. The topological polar surface area (TPSA) is 110 Å². The summed E-state index contributed by atoms with van der Waals surface area (Å²) >= 11 is 0. The lowest BCUT2D eigenvalue weighted by Gasteiger charge is -2.23. The number of rotatable bonds is 4. The van der Waals surface area contributed by atoms with Gasteiger partial charge in [-0.15, -0.1) is 10.2 Å². The van der Waals surface area contributed by atoms with Crippen LogP contribution in [0, 0.1) is 11.3 Å². The average Bonchev–Trinajstić information content (AvgIpc) is 3.53. The first-order valence-corrected chi connectivity index (χ1v) is 9.64. The van der Waals surface area contributed by atoms with Gasteiger partial charge in [0.15, 0.2) is 11.6 Å². The van der Waals surface area contributed by atoms with Gasteiger partial charge in [-0.25, -0.2) is 4.98 Å². The van der Waals surface area contributed by atoms with Gasteiger partial charge in [-0.05, 0) is 25.0 Å². The van der Waals surface area contributed by atoms with E-state index in [0.717, 1.165) is 36.6 Å². The Bertz CT molecular complexity index is 1220. The third kappa shape index (κ3) is 3.08. The van der Waals surface area contributed by atoms with Crippen LogP contribution in [0.4, 0.5) is 5.95 Å². The summed E-state index contributed by atoms with van der Waals surface area (Å²) in [6, 6.07) is 11.4. The van der Waals surface area contributed by atoms with Crippen molar-refractivity contribution in [2.75, 3.05) is 11.4 Å². The van der Waals surface area contributed by atoms with E-state index in [0.29, 0.717) is 22.8 Å². The highest BCUT2D eigenvalue weighted by atomic mass is 16.5. The van der Waals surface area contributed by atoms with E-state index in [-0.39, 0.29) is 6.04 Å². The minimum absolute atomic E-state index is 0.0410. The Morgan fingerprint density at radius 1 is 1.20 bits per heavy atom.